The molecule has 0 amide bonds. The lowest BCUT2D eigenvalue weighted by Gasteiger charge is -2.29. The third-order valence-electron chi connectivity index (χ3n) is 7.96. The molecule has 0 spiro atoms. The molecule has 1 aliphatic rings. The Hall–Kier alpha value is -4.16. The SMILES string of the molecule is COc1cc2c3c(ccc2c(-c2ccc(-c4ccccc4)cc2)c1OC)-c1ccc(CO)c(CO)c1C[NH+]3C. The second-order valence-electron chi connectivity index (χ2n) is 10.0. The van der Waals surface area contributed by atoms with Crippen molar-refractivity contribution in [3.8, 4) is 44.9 Å². The zero-order chi connectivity index (χ0) is 27.1. The molecule has 1 heterocycles. The number of nitrogens with one attached hydrogen (secondary N) is 1. The number of hydrogen-bond donors (Lipinski definition) is 3. The van der Waals surface area contributed by atoms with Gasteiger partial charge >= 0.3 is 0 Å². The van der Waals surface area contributed by atoms with Crippen LogP contribution < -0.4 is 14.4 Å². The molecule has 5 nitrogen and oxygen atoms in total. The van der Waals surface area contributed by atoms with Gasteiger partial charge in [0, 0.05) is 22.1 Å². The Morgan fingerprint density at radius 1 is 0.718 bits per heavy atom. The van der Waals surface area contributed by atoms with Crippen LogP contribution in [0.4, 0.5) is 5.69 Å². The zero-order valence-electron chi connectivity index (χ0n) is 22.4. The molecule has 5 aromatic rings. The second kappa shape index (κ2) is 10.2. The van der Waals surface area contributed by atoms with Crippen molar-refractivity contribution in [2.75, 3.05) is 21.3 Å². The van der Waals surface area contributed by atoms with Gasteiger partial charge in [0.1, 0.15) is 12.2 Å². The van der Waals surface area contributed by atoms with Crippen LogP contribution in [0.2, 0.25) is 0 Å². The minimum atomic E-state index is -0.0938. The summed E-state index contributed by atoms with van der Waals surface area (Å²) in [4.78, 5) is 1.21. The predicted molar refractivity (Wildman–Crippen MR) is 155 cm³/mol. The molecule has 0 saturated carbocycles. The van der Waals surface area contributed by atoms with Crippen molar-refractivity contribution in [2.24, 2.45) is 0 Å². The highest BCUT2D eigenvalue weighted by molar-refractivity contribution is 6.09. The van der Waals surface area contributed by atoms with Crippen LogP contribution in [-0.2, 0) is 19.8 Å². The number of methoxy groups -OCH3 is 2. The van der Waals surface area contributed by atoms with Gasteiger partial charge in [0.15, 0.2) is 11.5 Å². The number of ether oxygens (including phenoxy) is 2. The molecule has 5 aromatic carbocycles. The van der Waals surface area contributed by atoms with E-state index in [9.17, 15) is 10.2 Å². The van der Waals surface area contributed by atoms with Crippen molar-refractivity contribution in [3.63, 3.8) is 0 Å². The molecule has 1 aliphatic heterocycles. The lowest BCUT2D eigenvalue weighted by atomic mass is 9.85. The van der Waals surface area contributed by atoms with Gasteiger partial charge in [0.05, 0.1) is 34.5 Å². The third-order valence-corrected chi connectivity index (χ3v) is 7.96. The summed E-state index contributed by atoms with van der Waals surface area (Å²) < 4.78 is 11.8. The number of quaternary nitrogens is 1. The van der Waals surface area contributed by atoms with Crippen molar-refractivity contribution < 1.29 is 24.6 Å². The summed E-state index contributed by atoms with van der Waals surface area (Å²) in [6.07, 6.45) is 0. The minimum absolute atomic E-state index is 0.0871. The van der Waals surface area contributed by atoms with Crippen molar-refractivity contribution in [3.05, 3.63) is 102 Å². The molecule has 39 heavy (non-hydrogen) atoms. The molecular formula is C34H32NO4+. The topological polar surface area (TPSA) is 63.4 Å². The lowest BCUT2D eigenvalue weighted by Crippen LogP contribution is -3.03. The average molecular weight is 519 g/mol. The summed E-state index contributed by atoms with van der Waals surface area (Å²) in [7, 11) is 5.52. The molecule has 1 unspecified atom stereocenters. The first-order valence-corrected chi connectivity index (χ1v) is 13.2. The van der Waals surface area contributed by atoms with E-state index in [4.69, 9.17) is 9.47 Å². The number of fused-ring (bicyclic) bond motifs is 5. The van der Waals surface area contributed by atoms with Gasteiger partial charge in [-0.15, -0.1) is 0 Å². The van der Waals surface area contributed by atoms with Gasteiger partial charge in [-0.25, -0.2) is 0 Å². The van der Waals surface area contributed by atoms with E-state index in [0.717, 1.165) is 55.3 Å². The largest absolute Gasteiger partial charge is 0.493 e. The molecule has 0 fully saturated rings. The van der Waals surface area contributed by atoms with Gasteiger partial charge in [-0.05, 0) is 50.9 Å². The van der Waals surface area contributed by atoms with Gasteiger partial charge < -0.3 is 24.6 Å². The van der Waals surface area contributed by atoms with E-state index >= 15 is 0 Å². The van der Waals surface area contributed by atoms with Crippen LogP contribution >= 0.6 is 0 Å². The van der Waals surface area contributed by atoms with Gasteiger partial charge in [0.2, 0.25) is 0 Å². The summed E-state index contributed by atoms with van der Waals surface area (Å²) in [5.41, 5.74) is 10.5. The van der Waals surface area contributed by atoms with Gasteiger partial charge in [-0.3, -0.25) is 0 Å². The van der Waals surface area contributed by atoms with Crippen molar-refractivity contribution in [1.82, 2.24) is 0 Å². The highest BCUT2D eigenvalue weighted by atomic mass is 16.5. The molecule has 0 aromatic heterocycles. The number of aliphatic hydroxyl groups is 2. The van der Waals surface area contributed by atoms with Crippen LogP contribution in [0.1, 0.15) is 16.7 Å². The van der Waals surface area contributed by atoms with Crippen LogP contribution in [0.25, 0.3) is 44.2 Å². The smallest absolute Gasteiger partial charge is 0.169 e. The minimum Gasteiger partial charge on any atom is -0.493 e. The maximum absolute atomic E-state index is 10.1. The van der Waals surface area contributed by atoms with Crippen LogP contribution in [0.3, 0.4) is 0 Å². The summed E-state index contributed by atoms with van der Waals surface area (Å²) in [5.74, 6) is 1.40. The van der Waals surface area contributed by atoms with Crippen molar-refractivity contribution in [2.45, 2.75) is 19.8 Å². The number of hydrogen-bond acceptors (Lipinski definition) is 4. The van der Waals surface area contributed by atoms with E-state index in [1.807, 2.05) is 12.1 Å². The maximum atomic E-state index is 10.1. The second-order valence-corrected chi connectivity index (χ2v) is 10.0. The molecule has 196 valence electrons. The van der Waals surface area contributed by atoms with Gasteiger partial charge in [0.25, 0.3) is 0 Å². The molecule has 0 aliphatic carbocycles. The molecule has 0 bridgehead atoms. The molecule has 1 atom stereocenters. The fraction of sp³-hybridized carbons (Fsp3) is 0.176. The third kappa shape index (κ3) is 4.07. The van der Waals surface area contributed by atoms with Crippen molar-refractivity contribution in [1.29, 1.82) is 0 Å². The van der Waals surface area contributed by atoms with E-state index in [-0.39, 0.29) is 13.2 Å². The molecule has 5 heteroatoms. The van der Waals surface area contributed by atoms with Gasteiger partial charge in [-0.1, -0.05) is 72.8 Å². The Morgan fingerprint density at radius 2 is 1.41 bits per heavy atom. The Labute approximate surface area is 228 Å². The Balaban J connectivity index is 1.59. The normalized spacial score (nSPS) is 14.1. The van der Waals surface area contributed by atoms with Crippen LogP contribution in [-0.4, -0.2) is 31.5 Å². The van der Waals surface area contributed by atoms with Crippen molar-refractivity contribution >= 4 is 16.5 Å². The Kier molecular flexibility index (Phi) is 6.57. The first-order valence-electron chi connectivity index (χ1n) is 13.2. The molecule has 0 saturated heterocycles. The quantitative estimate of drug-likeness (QED) is 0.278. The van der Waals surface area contributed by atoms with Crippen LogP contribution in [0.5, 0.6) is 11.5 Å². The first kappa shape index (κ1) is 25.1. The Bertz CT molecular complexity index is 1680. The number of rotatable bonds is 6. The van der Waals surface area contributed by atoms with Crippen LogP contribution in [0.15, 0.2) is 84.9 Å². The standard InChI is InChI=1S/C34H31NO4/c1-35-18-29-25(14-13-24(19-36)30(29)20-37)27-16-15-26-28(33(27)35)17-31(38-2)34(39-3)32(26)23-11-9-22(10-12-23)21-7-5-4-6-8-21/h4-17,36-37H,18-20H2,1-3H3/p+1. The number of benzene rings is 5. The Morgan fingerprint density at radius 3 is 2.08 bits per heavy atom. The molecule has 3 N–H and O–H groups in total. The predicted octanol–water partition coefficient (Wildman–Crippen LogP) is 5.50. The maximum Gasteiger partial charge on any atom is 0.169 e. The lowest BCUT2D eigenvalue weighted by molar-refractivity contribution is -0.824. The fourth-order valence-corrected chi connectivity index (χ4v) is 6.11. The monoisotopic (exact) mass is 518 g/mol. The average Bonchev–Trinajstić information content (AvgIpc) is 2.99. The summed E-state index contributed by atoms with van der Waals surface area (Å²) >= 11 is 0. The van der Waals surface area contributed by atoms with Crippen LogP contribution in [0, 0.1) is 0 Å². The fourth-order valence-electron chi connectivity index (χ4n) is 6.11. The zero-order valence-corrected chi connectivity index (χ0v) is 22.4. The highest BCUT2D eigenvalue weighted by Crippen LogP contribution is 2.48. The highest BCUT2D eigenvalue weighted by Gasteiger charge is 2.31. The summed E-state index contributed by atoms with van der Waals surface area (Å²) in [6.45, 7) is 0.528. The molecule has 6 rings (SSSR count). The van der Waals surface area contributed by atoms with E-state index < -0.39 is 0 Å². The molecule has 0 radical (unpaired) electrons. The van der Waals surface area contributed by atoms with Gasteiger partial charge in [-0.2, -0.15) is 0 Å². The summed E-state index contributed by atoms with van der Waals surface area (Å²) in [6, 6.07) is 29.4. The van der Waals surface area contributed by atoms with E-state index in [2.05, 4.69) is 79.8 Å². The first-order chi connectivity index (χ1) is 19.1. The van der Waals surface area contributed by atoms with E-state index in [1.165, 1.54) is 16.2 Å². The summed E-state index contributed by atoms with van der Waals surface area (Å²) in [5, 5.41) is 22.2. The van der Waals surface area contributed by atoms with E-state index in [1.54, 1.807) is 14.2 Å². The molecular weight excluding hydrogens is 486 g/mol. The number of aliphatic hydroxyl groups excluding tert-OH is 2. The van der Waals surface area contributed by atoms with E-state index in [0.29, 0.717) is 18.0 Å².